The van der Waals surface area contributed by atoms with E-state index >= 15 is 0 Å². The van der Waals surface area contributed by atoms with Crippen molar-refractivity contribution in [3.63, 3.8) is 0 Å². The first kappa shape index (κ1) is 15.9. The van der Waals surface area contributed by atoms with Crippen LogP contribution in [0.15, 0.2) is 6.07 Å². The van der Waals surface area contributed by atoms with Gasteiger partial charge in [-0.2, -0.15) is 0 Å². The Labute approximate surface area is 129 Å². The van der Waals surface area contributed by atoms with Crippen LogP contribution in [0.4, 0.5) is 0 Å². The standard InChI is InChI=1S/C19H30S/c1-11(2)16-15-13(4)10-12(3)14(5)17(15)19(8,9)20-18(16,6)7/h10-11,16H,1-9H3. The Morgan fingerprint density at radius 2 is 1.55 bits per heavy atom. The molecule has 0 amide bonds. The molecule has 1 aliphatic rings. The fraction of sp³-hybridized carbons (Fsp3) is 0.684. The van der Waals surface area contributed by atoms with Gasteiger partial charge >= 0.3 is 0 Å². The lowest BCUT2D eigenvalue weighted by molar-refractivity contribution is 0.399. The molecule has 1 aliphatic heterocycles. The second-order valence-corrected chi connectivity index (χ2v) is 10.1. The van der Waals surface area contributed by atoms with E-state index in [0.717, 1.165) is 0 Å². The molecule has 1 atom stereocenters. The zero-order valence-electron chi connectivity index (χ0n) is 14.6. The minimum absolute atomic E-state index is 0.199. The van der Waals surface area contributed by atoms with Gasteiger partial charge in [-0.05, 0) is 68.4 Å². The molecule has 1 aromatic carbocycles. The summed E-state index contributed by atoms with van der Waals surface area (Å²) in [6.07, 6.45) is 0. The predicted octanol–water partition coefficient (Wildman–Crippen LogP) is 6.11. The molecule has 0 fully saturated rings. The van der Waals surface area contributed by atoms with Crippen LogP contribution in [-0.2, 0) is 4.75 Å². The number of hydrogen-bond donors (Lipinski definition) is 0. The number of aryl methyl sites for hydroxylation is 2. The zero-order chi connectivity index (χ0) is 15.5. The van der Waals surface area contributed by atoms with Crippen LogP contribution in [0.2, 0.25) is 0 Å². The Bertz CT molecular complexity index is 535. The fourth-order valence-corrected chi connectivity index (χ4v) is 6.74. The maximum Gasteiger partial charge on any atom is 0.0363 e. The molecule has 1 unspecified atom stereocenters. The quantitative estimate of drug-likeness (QED) is 0.601. The van der Waals surface area contributed by atoms with Crippen molar-refractivity contribution >= 4 is 11.8 Å². The van der Waals surface area contributed by atoms with Crippen molar-refractivity contribution in [2.45, 2.75) is 77.7 Å². The number of thioether (sulfide) groups is 1. The van der Waals surface area contributed by atoms with Gasteiger partial charge < -0.3 is 0 Å². The Morgan fingerprint density at radius 1 is 1.00 bits per heavy atom. The lowest BCUT2D eigenvalue weighted by Gasteiger charge is -2.50. The Balaban J connectivity index is 2.85. The Kier molecular flexibility index (Phi) is 3.83. The van der Waals surface area contributed by atoms with Gasteiger partial charge in [0.15, 0.2) is 0 Å². The van der Waals surface area contributed by atoms with Crippen LogP contribution in [0.1, 0.15) is 75.3 Å². The molecule has 20 heavy (non-hydrogen) atoms. The molecule has 2 rings (SSSR count). The van der Waals surface area contributed by atoms with E-state index in [0.29, 0.717) is 11.8 Å². The maximum absolute atomic E-state index is 2.43. The van der Waals surface area contributed by atoms with Gasteiger partial charge in [-0.3, -0.25) is 0 Å². The average molecular weight is 291 g/mol. The van der Waals surface area contributed by atoms with Crippen molar-refractivity contribution < 1.29 is 0 Å². The first-order chi connectivity index (χ1) is 8.99. The fourth-order valence-electron chi connectivity index (χ4n) is 4.54. The highest BCUT2D eigenvalue weighted by atomic mass is 32.2. The second-order valence-electron chi connectivity index (χ2n) is 7.86. The molecule has 0 radical (unpaired) electrons. The van der Waals surface area contributed by atoms with Crippen LogP contribution in [-0.4, -0.2) is 4.75 Å². The topological polar surface area (TPSA) is 0 Å². The van der Waals surface area contributed by atoms with Gasteiger partial charge in [0.1, 0.15) is 0 Å². The van der Waals surface area contributed by atoms with Crippen LogP contribution in [0.3, 0.4) is 0 Å². The summed E-state index contributed by atoms with van der Waals surface area (Å²) in [6, 6.07) is 2.39. The molecule has 0 saturated heterocycles. The zero-order valence-corrected chi connectivity index (χ0v) is 15.5. The van der Waals surface area contributed by atoms with Crippen LogP contribution < -0.4 is 0 Å². The largest absolute Gasteiger partial charge is 0.144 e. The van der Waals surface area contributed by atoms with Crippen molar-refractivity contribution in [1.29, 1.82) is 0 Å². The van der Waals surface area contributed by atoms with E-state index in [2.05, 4.69) is 80.1 Å². The molecule has 0 saturated carbocycles. The van der Waals surface area contributed by atoms with Gasteiger partial charge in [-0.1, -0.05) is 33.8 Å². The molecule has 112 valence electrons. The third-order valence-electron chi connectivity index (χ3n) is 4.94. The molecule has 0 nitrogen and oxygen atoms in total. The molecule has 0 spiro atoms. The van der Waals surface area contributed by atoms with Gasteiger partial charge in [0, 0.05) is 15.4 Å². The number of hydrogen-bond acceptors (Lipinski definition) is 1. The second kappa shape index (κ2) is 4.80. The first-order valence-electron chi connectivity index (χ1n) is 7.80. The monoisotopic (exact) mass is 290 g/mol. The third-order valence-corrected chi connectivity index (χ3v) is 6.44. The summed E-state index contributed by atoms with van der Waals surface area (Å²) < 4.78 is 0.488. The van der Waals surface area contributed by atoms with Crippen LogP contribution in [0.5, 0.6) is 0 Å². The van der Waals surface area contributed by atoms with Gasteiger partial charge in [0.05, 0.1) is 0 Å². The molecule has 0 bridgehead atoms. The minimum atomic E-state index is 0.199. The van der Waals surface area contributed by atoms with Crippen LogP contribution in [0, 0.1) is 26.7 Å². The smallest absolute Gasteiger partial charge is 0.0363 e. The van der Waals surface area contributed by atoms with Crippen LogP contribution >= 0.6 is 11.8 Å². The molecule has 0 aromatic heterocycles. The molecular formula is C19H30S. The van der Waals surface area contributed by atoms with E-state index in [1.807, 2.05) is 0 Å². The van der Waals surface area contributed by atoms with Gasteiger partial charge in [-0.25, -0.2) is 0 Å². The van der Waals surface area contributed by atoms with Crippen molar-refractivity contribution in [2.24, 2.45) is 5.92 Å². The highest BCUT2D eigenvalue weighted by molar-refractivity contribution is 8.01. The van der Waals surface area contributed by atoms with E-state index in [1.165, 1.54) is 16.7 Å². The third kappa shape index (κ3) is 2.32. The van der Waals surface area contributed by atoms with Crippen molar-refractivity contribution in [1.82, 2.24) is 0 Å². The molecular weight excluding hydrogens is 260 g/mol. The van der Waals surface area contributed by atoms with Crippen LogP contribution in [0.25, 0.3) is 0 Å². The summed E-state index contributed by atoms with van der Waals surface area (Å²) in [4.78, 5) is 0. The van der Waals surface area contributed by atoms with E-state index in [-0.39, 0.29) is 9.49 Å². The predicted molar refractivity (Wildman–Crippen MR) is 92.9 cm³/mol. The Morgan fingerprint density at radius 3 is 2.05 bits per heavy atom. The molecule has 0 N–H and O–H groups in total. The lowest BCUT2D eigenvalue weighted by atomic mass is 9.71. The van der Waals surface area contributed by atoms with Gasteiger partial charge in [0.2, 0.25) is 0 Å². The average Bonchev–Trinajstić information content (AvgIpc) is 2.21. The highest BCUT2D eigenvalue weighted by Gasteiger charge is 2.47. The molecule has 1 aromatic rings. The molecule has 0 aliphatic carbocycles. The summed E-state index contributed by atoms with van der Waals surface area (Å²) >= 11 is 2.16. The lowest BCUT2D eigenvalue weighted by Crippen LogP contribution is -2.41. The number of rotatable bonds is 1. The van der Waals surface area contributed by atoms with E-state index < -0.39 is 0 Å². The number of fused-ring (bicyclic) bond motifs is 1. The van der Waals surface area contributed by atoms with Crippen molar-refractivity contribution in [3.05, 3.63) is 33.9 Å². The summed E-state index contributed by atoms with van der Waals surface area (Å²) in [5, 5.41) is 0. The van der Waals surface area contributed by atoms with E-state index in [9.17, 15) is 0 Å². The summed E-state index contributed by atoms with van der Waals surface area (Å²) in [7, 11) is 0. The summed E-state index contributed by atoms with van der Waals surface area (Å²) in [6.45, 7) is 21.3. The normalized spacial score (nSPS) is 23.8. The van der Waals surface area contributed by atoms with Gasteiger partial charge in [-0.15, -0.1) is 11.8 Å². The van der Waals surface area contributed by atoms with Crippen molar-refractivity contribution in [3.8, 4) is 0 Å². The minimum Gasteiger partial charge on any atom is -0.144 e. The Hall–Kier alpha value is -0.430. The van der Waals surface area contributed by atoms with Gasteiger partial charge in [0.25, 0.3) is 0 Å². The van der Waals surface area contributed by atoms with Crippen molar-refractivity contribution in [2.75, 3.05) is 0 Å². The first-order valence-corrected chi connectivity index (χ1v) is 8.62. The maximum atomic E-state index is 2.43. The van der Waals surface area contributed by atoms with E-state index in [4.69, 9.17) is 0 Å². The number of benzene rings is 1. The highest BCUT2D eigenvalue weighted by Crippen LogP contribution is 2.59. The van der Waals surface area contributed by atoms with E-state index in [1.54, 1.807) is 11.1 Å². The summed E-state index contributed by atoms with van der Waals surface area (Å²) in [5.74, 6) is 1.31. The molecule has 1 heteroatoms. The molecule has 1 heterocycles. The summed E-state index contributed by atoms with van der Waals surface area (Å²) in [5.41, 5.74) is 7.68. The SMILES string of the molecule is Cc1cc(C)c2c(c1C)C(C)(C)SC(C)(C)C2C(C)C.